The van der Waals surface area contributed by atoms with Crippen molar-refractivity contribution in [3.8, 4) is 5.75 Å². The lowest BCUT2D eigenvalue weighted by molar-refractivity contribution is -0.153. The van der Waals surface area contributed by atoms with Crippen LogP contribution in [-0.4, -0.2) is 79.5 Å². The van der Waals surface area contributed by atoms with Crippen LogP contribution < -0.4 is 9.64 Å². The summed E-state index contributed by atoms with van der Waals surface area (Å²) in [4.78, 5) is 51.5. The van der Waals surface area contributed by atoms with Crippen LogP contribution in [0.25, 0.3) is 0 Å². The van der Waals surface area contributed by atoms with Gasteiger partial charge in [-0.2, -0.15) is 0 Å². The Morgan fingerprint density at radius 1 is 1.30 bits per heavy atom. The van der Waals surface area contributed by atoms with E-state index in [-0.39, 0.29) is 43.2 Å². The Hall–Kier alpha value is -2.47. The molecule has 1 aromatic carbocycles. The first-order valence-electron chi connectivity index (χ1n) is 12.9. The van der Waals surface area contributed by atoms with E-state index >= 15 is 0 Å². The topological polar surface area (TPSA) is 126 Å². The van der Waals surface area contributed by atoms with Crippen molar-refractivity contribution in [2.24, 2.45) is 5.92 Å². The van der Waals surface area contributed by atoms with E-state index in [1.54, 1.807) is 24.1 Å². The number of methoxy groups -OCH3 is 1. The Morgan fingerprint density at radius 2 is 2.03 bits per heavy atom. The molecular formula is C26H38N2O8Si. The summed E-state index contributed by atoms with van der Waals surface area (Å²) < 4.78 is 17.6. The van der Waals surface area contributed by atoms with Crippen LogP contribution in [0.3, 0.4) is 0 Å². The number of amides is 2. The molecule has 0 saturated carbocycles. The maximum Gasteiger partial charge on any atom is 0.304 e. The maximum absolute atomic E-state index is 13.3. The molecule has 0 radical (unpaired) electrons. The fourth-order valence-electron chi connectivity index (χ4n) is 5.93. The zero-order valence-electron chi connectivity index (χ0n) is 22.2. The summed E-state index contributed by atoms with van der Waals surface area (Å²) in [5.41, 5.74) is 0.948. The van der Waals surface area contributed by atoms with Gasteiger partial charge in [-0.1, -0.05) is 6.92 Å². The monoisotopic (exact) mass is 534 g/mol. The summed E-state index contributed by atoms with van der Waals surface area (Å²) >= 11 is 0. The van der Waals surface area contributed by atoms with Crippen LogP contribution in [0.5, 0.6) is 5.75 Å². The Bertz CT molecular complexity index is 1040. The van der Waals surface area contributed by atoms with Crippen molar-refractivity contribution in [2.75, 3.05) is 25.2 Å². The van der Waals surface area contributed by atoms with Gasteiger partial charge in [-0.15, -0.1) is 0 Å². The highest BCUT2D eigenvalue weighted by atomic mass is 28.4. The van der Waals surface area contributed by atoms with E-state index in [0.717, 1.165) is 18.4 Å². The molecule has 0 bridgehead atoms. The molecule has 0 aromatic heterocycles. The molecule has 2 fully saturated rings. The highest BCUT2D eigenvalue weighted by Gasteiger charge is 2.48. The standard InChI is InChI=1S/C26H38N2O8Si/c1-15-25(34-3)19-11-17(28-23(32)13-24(28)35-16(2)30)8-9-20(19)36-26(15)21(37(4,5)33)12-22(31)27-10-6-7-18(27)14-29/h8-9,11,15,18,21,24-26,29,33H,6-7,10,12-14H2,1-5H3/t15-,18-,21?,24?,25-,26-/m0/s1. The zero-order chi connectivity index (χ0) is 27.1. The Balaban J connectivity index is 1.60. The van der Waals surface area contributed by atoms with Crippen LogP contribution in [0.2, 0.25) is 18.6 Å². The number of ether oxygens (including phenoxy) is 3. The molecule has 2 unspecified atom stereocenters. The van der Waals surface area contributed by atoms with E-state index in [1.165, 1.54) is 11.8 Å². The molecule has 204 valence electrons. The molecule has 6 atom stereocenters. The minimum Gasteiger partial charge on any atom is -0.490 e. The number of carbonyl (C=O) groups excluding carboxylic acids is 3. The predicted molar refractivity (Wildman–Crippen MR) is 137 cm³/mol. The number of aliphatic hydroxyl groups is 1. The van der Waals surface area contributed by atoms with Crippen LogP contribution >= 0.6 is 0 Å². The van der Waals surface area contributed by atoms with Gasteiger partial charge in [-0.3, -0.25) is 19.3 Å². The molecule has 3 aliphatic rings. The lowest BCUT2D eigenvalue weighted by Gasteiger charge is -2.44. The number of rotatable bonds is 8. The van der Waals surface area contributed by atoms with E-state index < -0.39 is 38.3 Å². The van der Waals surface area contributed by atoms with Gasteiger partial charge < -0.3 is 29.0 Å². The zero-order valence-corrected chi connectivity index (χ0v) is 23.2. The highest BCUT2D eigenvalue weighted by Crippen LogP contribution is 2.48. The third kappa shape index (κ3) is 5.40. The largest absolute Gasteiger partial charge is 0.490 e. The van der Waals surface area contributed by atoms with Crippen molar-refractivity contribution >= 4 is 31.8 Å². The Morgan fingerprint density at radius 3 is 2.62 bits per heavy atom. The lowest BCUT2D eigenvalue weighted by atomic mass is 9.86. The van der Waals surface area contributed by atoms with Gasteiger partial charge in [0.2, 0.25) is 11.8 Å². The average Bonchev–Trinajstić information content (AvgIpc) is 3.30. The van der Waals surface area contributed by atoms with Crippen molar-refractivity contribution < 1.29 is 38.5 Å². The van der Waals surface area contributed by atoms with Gasteiger partial charge in [-0.05, 0) is 44.1 Å². The Kier molecular flexibility index (Phi) is 7.98. The smallest absolute Gasteiger partial charge is 0.304 e. The third-order valence-corrected chi connectivity index (χ3v) is 10.3. The van der Waals surface area contributed by atoms with Gasteiger partial charge in [0.15, 0.2) is 14.5 Å². The molecule has 11 heteroatoms. The van der Waals surface area contributed by atoms with Gasteiger partial charge in [-0.25, -0.2) is 0 Å². The molecular weight excluding hydrogens is 496 g/mol. The van der Waals surface area contributed by atoms with Gasteiger partial charge in [0.25, 0.3) is 0 Å². The molecule has 0 aliphatic carbocycles. The first kappa shape index (κ1) is 27.6. The molecule has 3 aliphatic heterocycles. The molecule has 2 N–H and O–H groups in total. The normalized spacial score (nSPS) is 28.3. The average molecular weight is 535 g/mol. The number of fused-ring (bicyclic) bond motifs is 1. The van der Waals surface area contributed by atoms with E-state index in [9.17, 15) is 24.3 Å². The maximum atomic E-state index is 13.3. The van der Waals surface area contributed by atoms with Gasteiger partial charge >= 0.3 is 5.97 Å². The third-order valence-electron chi connectivity index (χ3n) is 7.91. The second-order valence-corrected chi connectivity index (χ2v) is 14.9. The van der Waals surface area contributed by atoms with Gasteiger partial charge in [0.05, 0.1) is 25.2 Å². The molecule has 2 saturated heterocycles. The minimum atomic E-state index is -2.88. The number of hydrogen-bond acceptors (Lipinski definition) is 8. The summed E-state index contributed by atoms with van der Waals surface area (Å²) in [6.07, 6.45) is 0.414. The number of benzene rings is 1. The number of aliphatic hydroxyl groups excluding tert-OH is 1. The second kappa shape index (κ2) is 10.7. The molecule has 3 heterocycles. The SMILES string of the molecule is CO[C@@H]1c2cc(N3C(=O)CC3OC(C)=O)ccc2O[C@H](C(CC(=O)N2CCC[C@H]2CO)[Si](C)(C)O)[C@H]1C. The van der Waals surface area contributed by atoms with E-state index in [4.69, 9.17) is 14.2 Å². The summed E-state index contributed by atoms with van der Waals surface area (Å²) in [5.74, 6) is -0.299. The number of likely N-dealkylation sites (tertiary alicyclic amines) is 1. The molecule has 10 nitrogen and oxygen atoms in total. The van der Waals surface area contributed by atoms with Crippen molar-refractivity contribution in [3.63, 3.8) is 0 Å². The van der Waals surface area contributed by atoms with Crippen LogP contribution in [0.1, 0.15) is 51.2 Å². The number of carbonyl (C=O) groups is 3. The number of β-lactam (4-membered cyclic amide) rings is 1. The van der Waals surface area contributed by atoms with Crippen molar-refractivity contribution in [1.82, 2.24) is 4.90 Å². The van der Waals surface area contributed by atoms with Crippen LogP contribution in [0.4, 0.5) is 5.69 Å². The van der Waals surface area contributed by atoms with Crippen molar-refractivity contribution in [3.05, 3.63) is 23.8 Å². The number of nitrogens with zero attached hydrogens (tertiary/aromatic N) is 2. The number of anilines is 1. The Labute approximate surface area is 218 Å². The van der Waals surface area contributed by atoms with Crippen molar-refractivity contribution in [2.45, 2.75) is 82.6 Å². The summed E-state index contributed by atoms with van der Waals surface area (Å²) in [6, 6.07) is 5.15. The van der Waals surface area contributed by atoms with Gasteiger partial charge in [0.1, 0.15) is 11.9 Å². The fourth-order valence-corrected chi connectivity index (χ4v) is 7.78. The summed E-state index contributed by atoms with van der Waals surface area (Å²) in [7, 11) is -1.27. The first-order chi connectivity index (χ1) is 17.5. The van der Waals surface area contributed by atoms with Gasteiger partial charge in [0, 0.05) is 49.7 Å². The lowest BCUT2D eigenvalue weighted by Crippen LogP contribution is -2.55. The van der Waals surface area contributed by atoms with E-state index in [0.29, 0.717) is 18.0 Å². The van der Waals surface area contributed by atoms with Crippen molar-refractivity contribution in [1.29, 1.82) is 0 Å². The number of esters is 1. The van der Waals surface area contributed by atoms with Crippen LogP contribution in [0.15, 0.2) is 18.2 Å². The van der Waals surface area contributed by atoms with Crippen LogP contribution in [0, 0.1) is 5.92 Å². The van der Waals surface area contributed by atoms with E-state index in [1.807, 2.05) is 26.1 Å². The summed E-state index contributed by atoms with van der Waals surface area (Å²) in [6.45, 7) is 7.48. The second-order valence-electron chi connectivity index (χ2n) is 10.9. The highest BCUT2D eigenvalue weighted by molar-refractivity contribution is 6.71. The molecule has 4 rings (SSSR count). The molecule has 2 amide bonds. The molecule has 0 spiro atoms. The predicted octanol–water partition coefficient (Wildman–Crippen LogP) is 2.34. The number of hydrogen-bond donors (Lipinski definition) is 2. The minimum absolute atomic E-state index is 0.0635. The summed E-state index contributed by atoms with van der Waals surface area (Å²) in [5, 5.41) is 9.68. The molecule has 1 aromatic rings. The fraction of sp³-hybridized carbons (Fsp3) is 0.654. The van der Waals surface area contributed by atoms with E-state index in [2.05, 4.69) is 0 Å². The van der Waals surface area contributed by atoms with Crippen LogP contribution in [-0.2, 0) is 23.9 Å². The quantitative estimate of drug-likeness (QED) is 0.296. The first-order valence-corrected chi connectivity index (χ1v) is 15.9. The molecule has 37 heavy (non-hydrogen) atoms.